The normalized spacial score (nSPS) is 10.3. The quantitative estimate of drug-likeness (QED) is 0.611. The van der Waals surface area contributed by atoms with E-state index in [1.54, 1.807) is 6.92 Å². The molecule has 66 valence electrons. The first kappa shape index (κ1) is 9.79. The van der Waals surface area contributed by atoms with Crippen molar-refractivity contribution in [2.75, 3.05) is 7.11 Å². The first-order valence-corrected chi connectivity index (χ1v) is 4.40. The molecular formula is C7H8FIN2O. The van der Waals surface area contributed by atoms with Crippen LogP contribution in [0, 0.1) is 16.4 Å². The monoisotopic (exact) mass is 282 g/mol. The number of ether oxygens (including phenoxy) is 1. The highest BCUT2D eigenvalue weighted by molar-refractivity contribution is 14.1. The van der Waals surface area contributed by atoms with Gasteiger partial charge in [0.05, 0.1) is 9.26 Å². The van der Waals surface area contributed by atoms with Crippen molar-refractivity contribution >= 4 is 22.6 Å². The molecule has 12 heavy (non-hydrogen) atoms. The minimum atomic E-state index is -0.477. The first-order chi connectivity index (χ1) is 5.65. The summed E-state index contributed by atoms with van der Waals surface area (Å²) in [5.41, 5.74) is 0.648. The molecule has 0 atom stereocenters. The van der Waals surface area contributed by atoms with E-state index in [9.17, 15) is 4.39 Å². The predicted octanol–water partition coefficient (Wildman–Crippen LogP) is 1.68. The molecule has 0 unspecified atom stereocenters. The van der Waals surface area contributed by atoms with Crippen molar-refractivity contribution in [2.45, 2.75) is 13.5 Å². The number of rotatable bonds is 2. The van der Waals surface area contributed by atoms with E-state index < -0.39 is 5.95 Å². The summed E-state index contributed by atoms with van der Waals surface area (Å²) in [5, 5.41) is 0. The van der Waals surface area contributed by atoms with Crippen molar-refractivity contribution in [3.63, 3.8) is 0 Å². The highest BCUT2D eigenvalue weighted by Gasteiger charge is 2.07. The topological polar surface area (TPSA) is 35.0 Å². The predicted molar refractivity (Wildman–Crippen MR) is 50.2 cm³/mol. The third-order valence-electron chi connectivity index (χ3n) is 1.30. The van der Waals surface area contributed by atoms with Crippen molar-refractivity contribution in [1.82, 2.24) is 9.97 Å². The van der Waals surface area contributed by atoms with E-state index in [0.717, 1.165) is 0 Å². The Morgan fingerprint density at radius 2 is 2.17 bits per heavy atom. The van der Waals surface area contributed by atoms with Gasteiger partial charge in [0.1, 0.15) is 6.61 Å². The third-order valence-corrected chi connectivity index (χ3v) is 2.52. The Labute approximate surface area is 83.5 Å². The highest BCUT2D eigenvalue weighted by Crippen LogP contribution is 2.11. The Kier molecular flexibility index (Phi) is 3.33. The van der Waals surface area contributed by atoms with E-state index in [1.807, 2.05) is 22.6 Å². The smallest absolute Gasteiger partial charge is 0.229 e. The molecule has 0 saturated carbocycles. The van der Waals surface area contributed by atoms with Crippen molar-refractivity contribution in [1.29, 1.82) is 0 Å². The van der Waals surface area contributed by atoms with Gasteiger partial charge in [-0.1, -0.05) is 0 Å². The molecule has 1 aromatic rings. The van der Waals surface area contributed by atoms with Crippen molar-refractivity contribution in [3.05, 3.63) is 21.0 Å². The Balaban J connectivity index is 3.04. The summed E-state index contributed by atoms with van der Waals surface area (Å²) in [7, 11) is 1.52. The van der Waals surface area contributed by atoms with E-state index in [0.29, 0.717) is 15.1 Å². The van der Waals surface area contributed by atoms with Gasteiger partial charge in [-0.25, -0.2) is 9.97 Å². The van der Waals surface area contributed by atoms with Gasteiger partial charge >= 0.3 is 0 Å². The molecule has 0 radical (unpaired) electrons. The summed E-state index contributed by atoms with van der Waals surface area (Å²) >= 11 is 1.87. The van der Waals surface area contributed by atoms with Crippen LogP contribution in [-0.4, -0.2) is 17.1 Å². The first-order valence-electron chi connectivity index (χ1n) is 3.32. The number of aromatic nitrogens is 2. The van der Waals surface area contributed by atoms with Gasteiger partial charge in [-0.05, 0) is 29.5 Å². The average Bonchev–Trinajstić information content (AvgIpc) is 2.01. The number of halogens is 2. The largest absolute Gasteiger partial charge is 0.377 e. The van der Waals surface area contributed by atoms with Gasteiger partial charge in [-0.2, -0.15) is 4.39 Å². The fourth-order valence-corrected chi connectivity index (χ4v) is 1.01. The standard InChI is InChI=1S/C7H8FIN2O/c1-4-6(9)7(8)11-5(10-4)3-12-2/h3H2,1-2H3. The molecule has 3 nitrogen and oxygen atoms in total. The number of methoxy groups -OCH3 is 1. The molecule has 0 aromatic carbocycles. The van der Waals surface area contributed by atoms with Crippen LogP contribution in [0.15, 0.2) is 0 Å². The summed E-state index contributed by atoms with van der Waals surface area (Å²) in [5.74, 6) is -0.0944. The second kappa shape index (κ2) is 4.08. The molecule has 0 spiro atoms. The summed E-state index contributed by atoms with van der Waals surface area (Å²) < 4.78 is 18.2. The SMILES string of the molecule is COCc1nc(C)c(I)c(F)n1. The van der Waals surface area contributed by atoms with Crippen LogP contribution in [0.1, 0.15) is 11.5 Å². The van der Waals surface area contributed by atoms with Crippen LogP contribution in [0.5, 0.6) is 0 Å². The second-order valence-electron chi connectivity index (χ2n) is 2.26. The minimum Gasteiger partial charge on any atom is -0.377 e. The molecule has 0 aliphatic heterocycles. The zero-order valence-corrected chi connectivity index (χ0v) is 8.92. The third kappa shape index (κ3) is 2.10. The zero-order valence-electron chi connectivity index (χ0n) is 6.77. The number of aryl methyl sites for hydroxylation is 1. The van der Waals surface area contributed by atoms with Crippen molar-refractivity contribution < 1.29 is 9.13 Å². The van der Waals surface area contributed by atoms with Crippen LogP contribution in [0.2, 0.25) is 0 Å². The summed E-state index contributed by atoms with van der Waals surface area (Å²) in [6, 6.07) is 0. The Morgan fingerprint density at radius 1 is 1.50 bits per heavy atom. The molecule has 1 rings (SSSR count). The lowest BCUT2D eigenvalue weighted by atomic mass is 10.4. The molecule has 0 aliphatic rings. The molecule has 0 amide bonds. The molecule has 0 fully saturated rings. The van der Waals surface area contributed by atoms with Crippen LogP contribution in [0.25, 0.3) is 0 Å². The second-order valence-corrected chi connectivity index (χ2v) is 3.34. The van der Waals surface area contributed by atoms with Crippen molar-refractivity contribution in [2.24, 2.45) is 0 Å². The van der Waals surface area contributed by atoms with Crippen LogP contribution >= 0.6 is 22.6 Å². The number of nitrogens with zero attached hydrogens (tertiary/aromatic N) is 2. The van der Waals surface area contributed by atoms with Crippen LogP contribution in [-0.2, 0) is 11.3 Å². The summed E-state index contributed by atoms with van der Waals surface area (Å²) in [6.07, 6.45) is 0. The Hall–Kier alpha value is -0.300. The van der Waals surface area contributed by atoms with Crippen molar-refractivity contribution in [3.8, 4) is 0 Å². The van der Waals surface area contributed by atoms with Gasteiger partial charge in [0, 0.05) is 7.11 Å². The lowest BCUT2D eigenvalue weighted by molar-refractivity contribution is 0.176. The maximum absolute atomic E-state index is 12.9. The van der Waals surface area contributed by atoms with Crippen LogP contribution in [0.4, 0.5) is 4.39 Å². The zero-order chi connectivity index (χ0) is 9.14. The van der Waals surface area contributed by atoms with Crippen LogP contribution in [0.3, 0.4) is 0 Å². The summed E-state index contributed by atoms with van der Waals surface area (Å²) in [6.45, 7) is 1.99. The Morgan fingerprint density at radius 3 is 2.67 bits per heavy atom. The molecule has 1 heterocycles. The van der Waals surface area contributed by atoms with E-state index in [2.05, 4.69) is 9.97 Å². The number of hydrogen-bond donors (Lipinski definition) is 0. The van der Waals surface area contributed by atoms with Gasteiger partial charge in [0.2, 0.25) is 5.95 Å². The highest BCUT2D eigenvalue weighted by atomic mass is 127. The van der Waals surface area contributed by atoms with Gasteiger partial charge in [-0.3, -0.25) is 0 Å². The van der Waals surface area contributed by atoms with Gasteiger partial charge in [-0.15, -0.1) is 0 Å². The fraction of sp³-hybridized carbons (Fsp3) is 0.429. The molecule has 0 saturated heterocycles. The van der Waals surface area contributed by atoms with E-state index in [-0.39, 0.29) is 6.61 Å². The maximum atomic E-state index is 12.9. The van der Waals surface area contributed by atoms with Gasteiger partial charge in [0.15, 0.2) is 5.82 Å². The lowest BCUT2D eigenvalue weighted by Crippen LogP contribution is -2.04. The van der Waals surface area contributed by atoms with E-state index in [4.69, 9.17) is 4.74 Å². The Bertz CT molecular complexity index is 270. The molecule has 0 N–H and O–H groups in total. The minimum absolute atomic E-state index is 0.245. The van der Waals surface area contributed by atoms with Gasteiger partial charge < -0.3 is 4.74 Å². The molecule has 0 aliphatic carbocycles. The lowest BCUT2D eigenvalue weighted by Gasteiger charge is -2.02. The average molecular weight is 282 g/mol. The van der Waals surface area contributed by atoms with Crippen LogP contribution < -0.4 is 0 Å². The summed E-state index contributed by atoms with van der Waals surface area (Å²) in [4.78, 5) is 7.65. The number of hydrogen-bond acceptors (Lipinski definition) is 3. The van der Waals surface area contributed by atoms with Gasteiger partial charge in [0.25, 0.3) is 0 Å². The maximum Gasteiger partial charge on any atom is 0.229 e. The molecule has 1 aromatic heterocycles. The molecule has 5 heteroatoms. The van der Waals surface area contributed by atoms with E-state index in [1.165, 1.54) is 7.11 Å². The molecule has 0 bridgehead atoms. The fourth-order valence-electron chi connectivity index (χ4n) is 0.773. The molecular weight excluding hydrogens is 274 g/mol. The van der Waals surface area contributed by atoms with E-state index >= 15 is 0 Å².